The zero-order valence-corrected chi connectivity index (χ0v) is 8.89. The second kappa shape index (κ2) is 4.43. The summed E-state index contributed by atoms with van der Waals surface area (Å²) in [6.45, 7) is 1.10. The Balaban J connectivity index is 3.11. The number of hydrogen-bond acceptors (Lipinski definition) is 2. The predicted molar refractivity (Wildman–Crippen MR) is 49.4 cm³/mol. The van der Waals surface area contributed by atoms with Gasteiger partial charge >= 0.3 is 18.3 Å². The van der Waals surface area contributed by atoms with Gasteiger partial charge < -0.3 is 9.84 Å². The quantitative estimate of drug-likeness (QED) is 0.858. The number of hydrogen-bond donors (Lipinski definition) is 1. The van der Waals surface area contributed by atoms with Gasteiger partial charge in [-0.2, -0.15) is 8.78 Å². The molecule has 0 amide bonds. The predicted octanol–water partition coefficient (Wildman–Crippen LogP) is 3.07. The number of benzene rings is 1. The van der Waals surface area contributed by atoms with Crippen LogP contribution in [0.5, 0.6) is 5.75 Å². The van der Waals surface area contributed by atoms with Crippen molar-refractivity contribution in [1.29, 1.82) is 0 Å². The molecule has 0 aromatic heterocycles. The lowest BCUT2D eigenvalue weighted by Gasteiger charge is -2.15. The van der Waals surface area contributed by atoms with Crippen LogP contribution >= 0.6 is 0 Å². The van der Waals surface area contributed by atoms with E-state index in [1.807, 2.05) is 0 Å². The second-order valence-electron chi connectivity index (χ2n) is 3.41. The third kappa shape index (κ3) is 3.08. The average molecular weight is 270 g/mol. The Kier molecular flexibility index (Phi) is 3.50. The Morgan fingerprint density at radius 2 is 1.78 bits per heavy atom. The van der Waals surface area contributed by atoms with Crippen LogP contribution in [0, 0.1) is 6.92 Å². The van der Waals surface area contributed by atoms with Crippen molar-refractivity contribution in [2.75, 3.05) is 0 Å². The minimum Gasteiger partial charge on any atom is -0.477 e. The summed E-state index contributed by atoms with van der Waals surface area (Å²) in [5, 5.41) is 8.28. The van der Waals surface area contributed by atoms with E-state index in [-0.39, 0.29) is 5.56 Å². The lowest BCUT2D eigenvalue weighted by molar-refractivity contribution is -0.274. The van der Waals surface area contributed by atoms with E-state index < -0.39 is 29.6 Å². The van der Waals surface area contributed by atoms with Crippen molar-refractivity contribution in [2.45, 2.75) is 19.2 Å². The van der Waals surface area contributed by atoms with Gasteiger partial charge in [-0.05, 0) is 30.7 Å². The van der Waals surface area contributed by atoms with Gasteiger partial charge in [-0.25, -0.2) is 4.79 Å². The van der Waals surface area contributed by atoms with E-state index in [0.717, 1.165) is 6.92 Å². The van der Waals surface area contributed by atoms with Crippen LogP contribution in [0.1, 0.15) is 11.1 Å². The molecule has 0 saturated heterocycles. The van der Waals surface area contributed by atoms with Crippen LogP contribution in [0.2, 0.25) is 0 Å². The van der Waals surface area contributed by atoms with Crippen molar-refractivity contribution < 1.29 is 36.6 Å². The third-order valence-electron chi connectivity index (χ3n) is 2.03. The Bertz CT molecular complexity index is 467. The Morgan fingerprint density at radius 3 is 2.17 bits per heavy atom. The zero-order chi connectivity index (χ0) is 14.1. The van der Waals surface area contributed by atoms with Crippen molar-refractivity contribution in [1.82, 2.24) is 0 Å². The first-order valence-corrected chi connectivity index (χ1v) is 4.52. The van der Waals surface area contributed by atoms with Crippen molar-refractivity contribution >= 4 is 5.97 Å². The minimum atomic E-state index is -4.94. The molecule has 1 aromatic rings. The summed E-state index contributed by atoms with van der Waals surface area (Å²) in [5.74, 6) is -7.21. The number of alkyl halides is 5. The standard InChI is InChI=1S/C10H7F5O3/c1-5-4-6(9(11,12)8(16)17)2-3-7(5)18-10(13,14)15/h2-4H,1H3,(H,16,17). The number of carboxylic acids is 1. The number of aliphatic carboxylic acids is 1. The van der Waals surface area contributed by atoms with E-state index in [1.165, 1.54) is 0 Å². The number of aryl methyl sites for hydroxylation is 1. The molecule has 0 unspecified atom stereocenters. The molecule has 0 saturated carbocycles. The highest BCUT2D eigenvalue weighted by Crippen LogP contribution is 2.33. The Hall–Kier alpha value is -1.86. The minimum absolute atomic E-state index is 0.245. The van der Waals surface area contributed by atoms with Crippen LogP contribution in [-0.4, -0.2) is 17.4 Å². The number of halogens is 5. The van der Waals surface area contributed by atoms with Gasteiger partial charge in [0.25, 0.3) is 0 Å². The second-order valence-corrected chi connectivity index (χ2v) is 3.41. The molecule has 0 aliphatic heterocycles. The SMILES string of the molecule is Cc1cc(C(F)(F)C(=O)O)ccc1OC(F)(F)F. The number of ether oxygens (including phenoxy) is 1. The Morgan fingerprint density at radius 1 is 1.22 bits per heavy atom. The number of rotatable bonds is 3. The van der Waals surface area contributed by atoms with E-state index in [9.17, 15) is 26.7 Å². The van der Waals surface area contributed by atoms with Crippen LogP contribution in [0.4, 0.5) is 22.0 Å². The lowest BCUT2D eigenvalue weighted by atomic mass is 10.1. The van der Waals surface area contributed by atoms with Gasteiger partial charge in [-0.3, -0.25) is 0 Å². The molecule has 8 heteroatoms. The fourth-order valence-electron chi connectivity index (χ4n) is 1.21. The van der Waals surface area contributed by atoms with Gasteiger partial charge in [0.1, 0.15) is 5.75 Å². The summed E-state index contributed by atoms with van der Waals surface area (Å²) >= 11 is 0. The average Bonchev–Trinajstić information content (AvgIpc) is 2.18. The molecule has 1 aromatic carbocycles. The molecule has 0 aliphatic rings. The van der Waals surface area contributed by atoms with Crippen LogP contribution in [0.15, 0.2) is 18.2 Å². The number of carbonyl (C=O) groups is 1. The number of carboxylic acid groups (broad SMARTS) is 1. The van der Waals surface area contributed by atoms with Gasteiger partial charge in [0.05, 0.1) is 0 Å². The fourth-order valence-corrected chi connectivity index (χ4v) is 1.21. The van der Waals surface area contributed by atoms with Crippen molar-refractivity contribution in [3.8, 4) is 5.75 Å². The van der Waals surface area contributed by atoms with Gasteiger partial charge in [-0.1, -0.05) is 0 Å². The molecule has 0 spiro atoms. The van der Waals surface area contributed by atoms with Gasteiger partial charge in [0, 0.05) is 5.56 Å². The van der Waals surface area contributed by atoms with Gasteiger partial charge in [0.15, 0.2) is 0 Å². The fraction of sp³-hybridized carbons (Fsp3) is 0.300. The summed E-state index contributed by atoms with van der Waals surface area (Å²) < 4.78 is 65.5. The van der Waals surface area contributed by atoms with Crippen molar-refractivity contribution in [3.05, 3.63) is 29.3 Å². The molecular formula is C10H7F5O3. The smallest absolute Gasteiger partial charge is 0.477 e. The highest BCUT2D eigenvalue weighted by molar-refractivity contribution is 5.77. The highest BCUT2D eigenvalue weighted by atomic mass is 19.4. The molecule has 0 radical (unpaired) electrons. The van der Waals surface area contributed by atoms with E-state index in [0.29, 0.717) is 18.2 Å². The largest absolute Gasteiger partial charge is 0.573 e. The lowest BCUT2D eigenvalue weighted by Crippen LogP contribution is -2.25. The molecule has 0 heterocycles. The molecule has 1 rings (SSSR count). The summed E-state index contributed by atoms with van der Waals surface area (Å²) in [5.41, 5.74) is -1.16. The van der Waals surface area contributed by atoms with E-state index in [4.69, 9.17) is 5.11 Å². The van der Waals surface area contributed by atoms with E-state index in [2.05, 4.69) is 4.74 Å². The summed E-state index contributed by atoms with van der Waals surface area (Å²) in [6.07, 6.45) is -4.94. The van der Waals surface area contributed by atoms with Crippen molar-refractivity contribution in [3.63, 3.8) is 0 Å². The van der Waals surface area contributed by atoms with Crippen LogP contribution < -0.4 is 4.74 Å². The molecule has 0 fully saturated rings. The molecule has 0 bridgehead atoms. The maximum absolute atomic E-state index is 13.1. The van der Waals surface area contributed by atoms with Gasteiger partial charge in [0.2, 0.25) is 0 Å². The van der Waals surface area contributed by atoms with Crippen molar-refractivity contribution in [2.24, 2.45) is 0 Å². The van der Waals surface area contributed by atoms with Gasteiger partial charge in [-0.15, -0.1) is 13.2 Å². The monoisotopic (exact) mass is 270 g/mol. The normalized spacial score (nSPS) is 12.3. The maximum Gasteiger partial charge on any atom is 0.573 e. The third-order valence-corrected chi connectivity index (χ3v) is 2.03. The maximum atomic E-state index is 13.1. The highest BCUT2D eigenvalue weighted by Gasteiger charge is 2.41. The molecule has 0 aliphatic carbocycles. The first-order chi connectivity index (χ1) is 8.04. The molecule has 1 N–H and O–H groups in total. The topological polar surface area (TPSA) is 46.5 Å². The summed E-state index contributed by atoms with van der Waals surface area (Å²) in [4.78, 5) is 10.3. The molecule has 100 valence electrons. The van der Waals surface area contributed by atoms with E-state index >= 15 is 0 Å². The molecule has 3 nitrogen and oxygen atoms in total. The summed E-state index contributed by atoms with van der Waals surface area (Å²) in [7, 11) is 0. The van der Waals surface area contributed by atoms with Crippen LogP contribution in [0.3, 0.4) is 0 Å². The van der Waals surface area contributed by atoms with Crippen LogP contribution in [-0.2, 0) is 10.7 Å². The Labute approximate surface area is 97.8 Å². The zero-order valence-electron chi connectivity index (χ0n) is 8.89. The molecular weight excluding hydrogens is 263 g/mol. The molecule has 18 heavy (non-hydrogen) atoms. The summed E-state index contributed by atoms with van der Waals surface area (Å²) in [6, 6.07) is 1.85. The molecule has 0 atom stereocenters. The van der Waals surface area contributed by atoms with Crippen LogP contribution in [0.25, 0.3) is 0 Å². The first-order valence-electron chi connectivity index (χ1n) is 4.52. The first kappa shape index (κ1) is 14.2. The van der Waals surface area contributed by atoms with E-state index in [1.54, 1.807) is 0 Å².